The summed E-state index contributed by atoms with van der Waals surface area (Å²) in [5.74, 6) is -1.06. The maximum absolute atomic E-state index is 14.1. The molecular formula is C37H40N4O7S. The van der Waals surface area contributed by atoms with E-state index in [-0.39, 0.29) is 29.6 Å². The topological polar surface area (TPSA) is 145 Å². The average molecular weight is 685 g/mol. The lowest BCUT2D eigenvalue weighted by atomic mass is 9.93. The first kappa shape index (κ1) is 35.1. The lowest BCUT2D eigenvalue weighted by molar-refractivity contribution is 0.0522. The largest absolute Gasteiger partial charge is 0.490 e. The monoisotopic (exact) mass is 684 g/mol. The van der Waals surface area contributed by atoms with Crippen molar-refractivity contribution in [1.82, 2.24) is 15.6 Å². The van der Waals surface area contributed by atoms with E-state index in [0.717, 1.165) is 28.0 Å². The Kier molecular flexibility index (Phi) is 10.7. The molecule has 2 aromatic carbocycles. The molecule has 0 saturated carbocycles. The number of methoxy groups -OCH3 is 1. The first-order chi connectivity index (χ1) is 23.4. The number of nitrogens with zero attached hydrogens (tertiary/aromatic N) is 1. The summed E-state index contributed by atoms with van der Waals surface area (Å²) in [5.41, 5.74) is 3.49. The van der Waals surface area contributed by atoms with E-state index >= 15 is 0 Å². The summed E-state index contributed by atoms with van der Waals surface area (Å²) in [6.45, 7) is 9.99. The molecule has 0 spiro atoms. The molecule has 0 saturated heterocycles. The molecule has 0 fully saturated rings. The molecule has 1 atom stereocenters. The van der Waals surface area contributed by atoms with E-state index in [1.54, 1.807) is 74.6 Å². The van der Waals surface area contributed by atoms with Crippen molar-refractivity contribution in [2.24, 2.45) is 0 Å². The SMILES string of the molecule is CCCNC(=O)c1ccc(-c2cc3c(cc2C(=O)Nc2ccc(CNC(=O)OC(C)(C)C)cc2)-c2sccc2C[C@@H](C)O3)c(C(=O)OC)n1. The molecule has 3 amide bonds. The number of amides is 3. The van der Waals surface area contributed by atoms with Crippen molar-refractivity contribution in [3.8, 4) is 27.3 Å². The summed E-state index contributed by atoms with van der Waals surface area (Å²) in [7, 11) is 1.23. The summed E-state index contributed by atoms with van der Waals surface area (Å²) in [6, 6.07) is 15.8. The highest BCUT2D eigenvalue weighted by Gasteiger charge is 2.28. The molecule has 1 aliphatic heterocycles. The Morgan fingerprint density at radius 3 is 2.41 bits per heavy atom. The van der Waals surface area contributed by atoms with Crippen LogP contribution >= 0.6 is 11.3 Å². The first-order valence-corrected chi connectivity index (χ1v) is 16.9. The summed E-state index contributed by atoms with van der Waals surface area (Å²) in [6.07, 6.45) is 0.754. The van der Waals surface area contributed by atoms with Crippen LogP contribution in [-0.2, 0) is 22.4 Å². The predicted octanol–water partition coefficient (Wildman–Crippen LogP) is 7.00. The number of benzene rings is 2. The number of carbonyl (C=O) groups is 4. The second-order valence-corrected chi connectivity index (χ2v) is 13.6. The van der Waals surface area contributed by atoms with Crippen LogP contribution in [0.15, 0.2) is 60.0 Å². The Bertz CT molecular complexity index is 1880. The van der Waals surface area contributed by atoms with Gasteiger partial charge in [0.1, 0.15) is 23.1 Å². The van der Waals surface area contributed by atoms with Crippen LogP contribution in [0.1, 0.15) is 83.5 Å². The number of aromatic nitrogens is 1. The number of thiophene rings is 1. The number of hydrogen-bond donors (Lipinski definition) is 3. The number of nitrogens with one attached hydrogen (secondary N) is 3. The Hall–Kier alpha value is -5.23. The van der Waals surface area contributed by atoms with Crippen LogP contribution in [0.4, 0.5) is 10.5 Å². The van der Waals surface area contributed by atoms with E-state index in [1.807, 2.05) is 19.2 Å². The molecule has 12 heteroatoms. The van der Waals surface area contributed by atoms with Gasteiger partial charge in [-0.2, -0.15) is 0 Å². The zero-order valence-corrected chi connectivity index (χ0v) is 29.2. The van der Waals surface area contributed by atoms with Crippen molar-refractivity contribution in [3.63, 3.8) is 0 Å². The van der Waals surface area contributed by atoms with Gasteiger partial charge in [-0.15, -0.1) is 11.3 Å². The first-order valence-electron chi connectivity index (χ1n) is 16.0. The number of alkyl carbamates (subject to hydrolysis) is 1. The maximum Gasteiger partial charge on any atom is 0.407 e. The molecule has 256 valence electrons. The Labute approximate surface area is 289 Å². The molecule has 3 heterocycles. The highest BCUT2D eigenvalue weighted by atomic mass is 32.1. The van der Waals surface area contributed by atoms with E-state index in [9.17, 15) is 19.2 Å². The number of esters is 1. The van der Waals surface area contributed by atoms with E-state index in [0.29, 0.717) is 35.5 Å². The van der Waals surface area contributed by atoms with Gasteiger partial charge in [-0.25, -0.2) is 14.6 Å². The quantitative estimate of drug-likeness (QED) is 0.160. The average Bonchev–Trinajstić information content (AvgIpc) is 3.47. The zero-order valence-electron chi connectivity index (χ0n) is 28.4. The fraction of sp³-hybridized carbons (Fsp3) is 0.324. The van der Waals surface area contributed by atoms with Gasteiger partial charge in [-0.3, -0.25) is 9.59 Å². The minimum absolute atomic E-state index is 0.0488. The van der Waals surface area contributed by atoms with Gasteiger partial charge in [-0.05, 0) is 93.1 Å². The second-order valence-electron chi connectivity index (χ2n) is 12.6. The molecule has 2 aromatic heterocycles. The van der Waals surface area contributed by atoms with Crippen LogP contribution in [0.25, 0.3) is 21.6 Å². The van der Waals surface area contributed by atoms with Crippen LogP contribution in [0, 0.1) is 0 Å². The van der Waals surface area contributed by atoms with E-state index in [4.69, 9.17) is 14.2 Å². The van der Waals surface area contributed by atoms with E-state index < -0.39 is 29.5 Å². The third-order valence-electron chi connectivity index (χ3n) is 7.57. The fourth-order valence-electron chi connectivity index (χ4n) is 5.34. The van der Waals surface area contributed by atoms with Gasteiger partial charge < -0.3 is 30.2 Å². The van der Waals surface area contributed by atoms with E-state index in [2.05, 4.69) is 27.0 Å². The molecule has 11 nitrogen and oxygen atoms in total. The number of ether oxygens (including phenoxy) is 3. The molecule has 0 unspecified atom stereocenters. The third kappa shape index (κ3) is 8.44. The predicted molar refractivity (Wildman–Crippen MR) is 188 cm³/mol. The number of rotatable bonds is 9. The standard InChI is InChI=1S/C37H40N4O7S/c1-7-15-38-34(43)29-13-12-25(31(41-29)35(44)46-6)26-19-30-28(32-23(14-16-49-32)17-21(2)47-30)18-27(26)33(42)40-24-10-8-22(9-11-24)20-39-36(45)48-37(3,4)5/h8-14,16,18-19,21H,7,15,17,20H2,1-6H3,(H,38,43)(H,39,45)(H,40,42)/t21-/m1/s1. The summed E-state index contributed by atoms with van der Waals surface area (Å²) >= 11 is 1.56. The van der Waals surface area contributed by atoms with Crippen molar-refractivity contribution in [2.75, 3.05) is 19.0 Å². The van der Waals surface area contributed by atoms with Crippen LogP contribution < -0.4 is 20.7 Å². The van der Waals surface area contributed by atoms with Gasteiger partial charge in [-0.1, -0.05) is 19.1 Å². The van der Waals surface area contributed by atoms with Gasteiger partial charge >= 0.3 is 12.1 Å². The van der Waals surface area contributed by atoms with Crippen LogP contribution in [-0.4, -0.2) is 54.2 Å². The van der Waals surface area contributed by atoms with Gasteiger partial charge in [0.25, 0.3) is 11.8 Å². The Morgan fingerprint density at radius 2 is 1.71 bits per heavy atom. The lowest BCUT2D eigenvalue weighted by Gasteiger charge is -2.19. The van der Waals surface area contributed by atoms with Crippen molar-refractivity contribution in [2.45, 2.75) is 65.7 Å². The number of anilines is 1. The van der Waals surface area contributed by atoms with Crippen molar-refractivity contribution in [1.29, 1.82) is 0 Å². The van der Waals surface area contributed by atoms with Crippen LogP contribution in [0.5, 0.6) is 5.75 Å². The minimum Gasteiger partial charge on any atom is -0.490 e. The summed E-state index contributed by atoms with van der Waals surface area (Å²) in [4.78, 5) is 57.5. The summed E-state index contributed by atoms with van der Waals surface area (Å²) < 4.78 is 16.7. The Morgan fingerprint density at radius 1 is 0.959 bits per heavy atom. The Balaban J connectivity index is 1.53. The van der Waals surface area contributed by atoms with Crippen molar-refractivity contribution >= 4 is 40.9 Å². The summed E-state index contributed by atoms with van der Waals surface area (Å²) in [5, 5.41) is 10.5. The molecule has 49 heavy (non-hydrogen) atoms. The number of pyridine rings is 1. The minimum atomic E-state index is -0.758. The molecule has 0 bridgehead atoms. The highest BCUT2D eigenvalue weighted by molar-refractivity contribution is 7.13. The van der Waals surface area contributed by atoms with Crippen LogP contribution in [0.2, 0.25) is 0 Å². The molecule has 4 aromatic rings. The van der Waals surface area contributed by atoms with Crippen LogP contribution in [0.3, 0.4) is 0 Å². The smallest absolute Gasteiger partial charge is 0.407 e. The number of carbonyl (C=O) groups excluding carboxylic acids is 4. The number of hydrogen-bond acceptors (Lipinski definition) is 9. The lowest BCUT2D eigenvalue weighted by Crippen LogP contribution is -2.32. The van der Waals surface area contributed by atoms with Gasteiger partial charge in [0.15, 0.2) is 5.69 Å². The molecule has 0 radical (unpaired) electrons. The zero-order chi connectivity index (χ0) is 35.3. The second kappa shape index (κ2) is 14.9. The van der Waals surface area contributed by atoms with Crippen molar-refractivity contribution < 1.29 is 33.4 Å². The normalized spacial score (nSPS) is 13.6. The van der Waals surface area contributed by atoms with Gasteiger partial charge in [0.2, 0.25) is 0 Å². The molecule has 1 aliphatic rings. The van der Waals surface area contributed by atoms with Crippen molar-refractivity contribution in [3.05, 3.63) is 88.1 Å². The van der Waals surface area contributed by atoms with Gasteiger partial charge in [0, 0.05) is 52.3 Å². The molecule has 5 rings (SSSR count). The third-order valence-corrected chi connectivity index (χ3v) is 8.56. The molecule has 0 aliphatic carbocycles. The molecular weight excluding hydrogens is 644 g/mol. The molecule has 3 N–H and O–H groups in total. The maximum atomic E-state index is 14.1. The number of fused-ring (bicyclic) bond motifs is 3. The van der Waals surface area contributed by atoms with E-state index in [1.165, 1.54) is 13.2 Å². The fourth-order valence-corrected chi connectivity index (χ4v) is 6.30. The highest BCUT2D eigenvalue weighted by Crippen LogP contribution is 2.44. The van der Waals surface area contributed by atoms with Gasteiger partial charge in [0.05, 0.1) is 7.11 Å².